The van der Waals surface area contributed by atoms with E-state index >= 15 is 0 Å². The lowest BCUT2D eigenvalue weighted by molar-refractivity contribution is -0.138. The highest BCUT2D eigenvalue weighted by Gasteiger charge is 2.33. The number of benzene rings is 2. The normalized spacial score (nSPS) is 15.0. The summed E-state index contributed by atoms with van der Waals surface area (Å²) in [6.45, 7) is 2.06. The third-order valence-corrected chi connectivity index (χ3v) is 4.94. The monoisotopic (exact) mass is 435 g/mol. The summed E-state index contributed by atoms with van der Waals surface area (Å²) < 4.78 is 44.6. The van der Waals surface area contributed by atoms with Crippen LogP contribution in [0.3, 0.4) is 0 Å². The molecule has 0 atom stereocenters. The molecule has 0 saturated carbocycles. The maximum atomic E-state index is 13.1. The predicted molar refractivity (Wildman–Crippen MR) is 109 cm³/mol. The topological polar surface area (TPSA) is 61.9 Å². The van der Waals surface area contributed by atoms with Crippen molar-refractivity contribution in [3.05, 3.63) is 65.7 Å². The molecule has 1 N–H and O–H groups in total. The van der Waals surface area contributed by atoms with Gasteiger partial charge in [0.25, 0.3) is 0 Å². The number of halogens is 3. The molecule has 1 aliphatic heterocycles. The van der Waals surface area contributed by atoms with E-state index < -0.39 is 17.6 Å². The summed E-state index contributed by atoms with van der Waals surface area (Å²) in [4.78, 5) is 28.0. The molecule has 2 aromatic rings. The van der Waals surface area contributed by atoms with Crippen LogP contribution in [-0.2, 0) is 27.1 Å². The average molecular weight is 435 g/mol. The van der Waals surface area contributed by atoms with Crippen LogP contribution in [0.15, 0.2) is 54.6 Å². The lowest BCUT2D eigenvalue weighted by atomic mass is 10.1. The standard InChI is InChI=1S/C22H24F3N3O3/c23-22(24,25)18-8-4-5-9-19(18)26-20(29)14-27-10-12-28(13-11-27)21(30)16-31-15-17-6-2-1-3-7-17/h1-9H,10-16H2,(H,26,29). The van der Waals surface area contributed by atoms with Crippen LogP contribution < -0.4 is 5.32 Å². The van der Waals surface area contributed by atoms with Crippen LogP contribution in [0, 0.1) is 0 Å². The molecule has 1 fully saturated rings. The van der Waals surface area contributed by atoms with Crippen molar-refractivity contribution in [2.24, 2.45) is 0 Å². The van der Waals surface area contributed by atoms with Crippen molar-refractivity contribution in [3.63, 3.8) is 0 Å². The highest BCUT2D eigenvalue weighted by molar-refractivity contribution is 5.93. The van der Waals surface area contributed by atoms with E-state index in [0.717, 1.165) is 11.6 Å². The number of hydrogen-bond acceptors (Lipinski definition) is 4. The van der Waals surface area contributed by atoms with Gasteiger partial charge in [0.05, 0.1) is 24.4 Å². The number of ether oxygens (including phenoxy) is 1. The van der Waals surface area contributed by atoms with E-state index in [1.54, 1.807) is 9.80 Å². The van der Waals surface area contributed by atoms with E-state index in [2.05, 4.69) is 5.32 Å². The molecule has 6 nitrogen and oxygen atoms in total. The number of hydrogen-bond donors (Lipinski definition) is 1. The molecule has 3 rings (SSSR count). The van der Waals surface area contributed by atoms with Gasteiger partial charge in [0.2, 0.25) is 11.8 Å². The molecule has 9 heteroatoms. The van der Waals surface area contributed by atoms with Crippen molar-refractivity contribution in [2.75, 3.05) is 44.6 Å². The molecule has 0 unspecified atom stereocenters. The Balaban J connectivity index is 1.41. The van der Waals surface area contributed by atoms with E-state index in [1.807, 2.05) is 30.3 Å². The van der Waals surface area contributed by atoms with Gasteiger partial charge in [-0.15, -0.1) is 0 Å². The molecule has 0 aromatic heterocycles. The molecule has 1 aliphatic rings. The van der Waals surface area contributed by atoms with Crippen molar-refractivity contribution in [1.29, 1.82) is 0 Å². The molecule has 2 aromatic carbocycles. The molecule has 0 bridgehead atoms. The molecule has 0 spiro atoms. The number of rotatable bonds is 7. The van der Waals surface area contributed by atoms with Crippen molar-refractivity contribution in [2.45, 2.75) is 12.8 Å². The lowest BCUT2D eigenvalue weighted by Crippen LogP contribution is -2.51. The van der Waals surface area contributed by atoms with Crippen LogP contribution in [0.5, 0.6) is 0 Å². The fourth-order valence-electron chi connectivity index (χ4n) is 3.31. The Hall–Kier alpha value is -2.91. The Bertz CT molecular complexity index is 882. The van der Waals surface area contributed by atoms with Gasteiger partial charge in [-0.1, -0.05) is 42.5 Å². The Labute approximate surface area is 178 Å². The number of alkyl halides is 3. The molecular weight excluding hydrogens is 411 g/mol. The first kappa shape index (κ1) is 22.8. The number of piperazine rings is 1. The van der Waals surface area contributed by atoms with Crippen LogP contribution in [0.4, 0.5) is 18.9 Å². The van der Waals surface area contributed by atoms with Gasteiger partial charge in [0, 0.05) is 26.2 Å². The molecule has 166 valence electrons. The Morgan fingerprint density at radius 2 is 1.58 bits per heavy atom. The SMILES string of the molecule is O=C(CN1CCN(C(=O)COCc2ccccc2)CC1)Nc1ccccc1C(F)(F)F. The highest BCUT2D eigenvalue weighted by atomic mass is 19.4. The Kier molecular flexibility index (Phi) is 7.64. The van der Waals surface area contributed by atoms with E-state index in [1.165, 1.54) is 18.2 Å². The zero-order valence-corrected chi connectivity index (χ0v) is 16.9. The second-order valence-corrected chi connectivity index (χ2v) is 7.23. The van der Waals surface area contributed by atoms with Crippen LogP contribution >= 0.6 is 0 Å². The van der Waals surface area contributed by atoms with Gasteiger partial charge in [0.15, 0.2) is 0 Å². The second kappa shape index (κ2) is 10.4. The summed E-state index contributed by atoms with van der Waals surface area (Å²) in [7, 11) is 0. The van der Waals surface area contributed by atoms with Gasteiger partial charge in [0.1, 0.15) is 6.61 Å². The summed E-state index contributed by atoms with van der Waals surface area (Å²) in [6, 6.07) is 14.4. The number of carbonyl (C=O) groups is 2. The molecule has 0 radical (unpaired) electrons. The fraction of sp³-hybridized carbons (Fsp3) is 0.364. The van der Waals surface area contributed by atoms with E-state index in [0.29, 0.717) is 32.8 Å². The predicted octanol–water partition coefficient (Wildman–Crippen LogP) is 3.00. The van der Waals surface area contributed by atoms with Gasteiger partial charge in [-0.05, 0) is 17.7 Å². The van der Waals surface area contributed by atoms with Crippen LogP contribution in [-0.4, -0.2) is 60.9 Å². The van der Waals surface area contributed by atoms with Gasteiger partial charge in [-0.2, -0.15) is 13.2 Å². The summed E-state index contributed by atoms with van der Waals surface area (Å²) in [5.41, 5.74) is -0.156. The largest absolute Gasteiger partial charge is 0.418 e. The summed E-state index contributed by atoms with van der Waals surface area (Å²) in [5.74, 6) is -0.651. The first-order valence-corrected chi connectivity index (χ1v) is 9.91. The molecule has 1 saturated heterocycles. The van der Waals surface area contributed by atoms with Gasteiger partial charge < -0.3 is 15.0 Å². The van der Waals surface area contributed by atoms with Crippen molar-refractivity contribution in [3.8, 4) is 0 Å². The van der Waals surface area contributed by atoms with Crippen LogP contribution in [0.1, 0.15) is 11.1 Å². The number of amides is 2. The van der Waals surface area contributed by atoms with Gasteiger partial charge in [-0.25, -0.2) is 0 Å². The van der Waals surface area contributed by atoms with E-state index in [-0.39, 0.29) is 24.7 Å². The minimum atomic E-state index is -4.54. The molecule has 1 heterocycles. The Morgan fingerprint density at radius 3 is 2.26 bits per heavy atom. The third kappa shape index (κ3) is 6.80. The quantitative estimate of drug-likeness (QED) is 0.727. The van der Waals surface area contributed by atoms with Crippen molar-refractivity contribution >= 4 is 17.5 Å². The number of nitrogens with one attached hydrogen (secondary N) is 1. The maximum absolute atomic E-state index is 13.1. The number of para-hydroxylation sites is 1. The van der Waals surface area contributed by atoms with Crippen molar-refractivity contribution in [1.82, 2.24) is 9.80 Å². The van der Waals surface area contributed by atoms with Crippen LogP contribution in [0.2, 0.25) is 0 Å². The number of anilines is 1. The van der Waals surface area contributed by atoms with Crippen molar-refractivity contribution < 1.29 is 27.5 Å². The van der Waals surface area contributed by atoms with Gasteiger partial charge in [-0.3, -0.25) is 14.5 Å². The van der Waals surface area contributed by atoms with E-state index in [4.69, 9.17) is 4.74 Å². The fourth-order valence-corrected chi connectivity index (χ4v) is 3.31. The first-order chi connectivity index (χ1) is 14.8. The zero-order valence-electron chi connectivity index (χ0n) is 16.9. The Morgan fingerprint density at radius 1 is 0.935 bits per heavy atom. The zero-order chi connectivity index (χ0) is 22.3. The van der Waals surface area contributed by atoms with Gasteiger partial charge >= 0.3 is 6.18 Å². The summed E-state index contributed by atoms with van der Waals surface area (Å²) in [6.07, 6.45) is -4.54. The maximum Gasteiger partial charge on any atom is 0.418 e. The average Bonchev–Trinajstić information content (AvgIpc) is 2.74. The van der Waals surface area contributed by atoms with E-state index in [9.17, 15) is 22.8 Å². The smallest absolute Gasteiger partial charge is 0.367 e. The van der Waals surface area contributed by atoms with Crippen LogP contribution in [0.25, 0.3) is 0 Å². The molecule has 0 aliphatic carbocycles. The first-order valence-electron chi connectivity index (χ1n) is 9.91. The minimum absolute atomic E-state index is 0.0242. The third-order valence-electron chi connectivity index (χ3n) is 4.94. The number of nitrogens with zero attached hydrogens (tertiary/aromatic N) is 2. The minimum Gasteiger partial charge on any atom is -0.367 e. The summed E-state index contributed by atoms with van der Waals surface area (Å²) in [5, 5.41) is 2.34. The number of carbonyl (C=O) groups excluding carboxylic acids is 2. The summed E-state index contributed by atoms with van der Waals surface area (Å²) >= 11 is 0. The lowest BCUT2D eigenvalue weighted by Gasteiger charge is -2.34. The highest BCUT2D eigenvalue weighted by Crippen LogP contribution is 2.34. The molecule has 2 amide bonds. The molecular formula is C22H24F3N3O3. The molecule has 31 heavy (non-hydrogen) atoms. The second-order valence-electron chi connectivity index (χ2n) is 7.23.